The number of hydrogen-bond donors (Lipinski definition) is 1. The molecule has 60 valence electrons. The molecule has 2 heteroatoms. The predicted molar refractivity (Wildman–Crippen MR) is 44.2 cm³/mol. The molecule has 1 saturated heterocycles. The fourth-order valence-corrected chi connectivity index (χ4v) is 1.52. The first-order chi connectivity index (χ1) is 4.79. The molecule has 0 aromatic rings. The molecular weight excluding hydrogens is 124 g/mol. The molecule has 0 aliphatic carbocycles. The largest absolute Gasteiger partial charge is 0.313 e. The second kappa shape index (κ2) is 3.94. The van der Waals surface area contributed by atoms with Crippen molar-refractivity contribution < 1.29 is 0 Å². The molecule has 0 spiro atoms. The molecule has 1 N–H and O–H groups in total. The molecule has 0 saturated carbocycles. The SMILES string of the molecule is CN(C)C[C@@H]1CCCCN1. The Morgan fingerprint density at radius 2 is 2.20 bits per heavy atom. The number of piperidine rings is 1. The van der Waals surface area contributed by atoms with Crippen LogP contribution in [0.1, 0.15) is 19.3 Å². The van der Waals surface area contributed by atoms with Crippen LogP contribution in [0.5, 0.6) is 0 Å². The lowest BCUT2D eigenvalue weighted by Crippen LogP contribution is -2.41. The summed E-state index contributed by atoms with van der Waals surface area (Å²) in [5, 5.41) is 3.51. The zero-order valence-electron chi connectivity index (χ0n) is 7.06. The Kier molecular flexibility index (Phi) is 3.16. The van der Waals surface area contributed by atoms with Crippen LogP contribution in [0.4, 0.5) is 0 Å². The first-order valence-electron chi connectivity index (χ1n) is 4.17. The predicted octanol–water partition coefficient (Wildman–Crippen LogP) is 0.690. The van der Waals surface area contributed by atoms with Crippen molar-refractivity contribution in [2.75, 3.05) is 27.2 Å². The van der Waals surface area contributed by atoms with Gasteiger partial charge < -0.3 is 10.2 Å². The summed E-state index contributed by atoms with van der Waals surface area (Å²) < 4.78 is 0. The molecule has 0 radical (unpaired) electrons. The van der Waals surface area contributed by atoms with Crippen LogP contribution in [-0.2, 0) is 0 Å². The van der Waals surface area contributed by atoms with Crippen molar-refractivity contribution in [1.82, 2.24) is 10.2 Å². The van der Waals surface area contributed by atoms with Gasteiger partial charge in [0.15, 0.2) is 0 Å². The summed E-state index contributed by atoms with van der Waals surface area (Å²) in [5.41, 5.74) is 0. The Balaban J connectivity index is 2.13. The van der Waals surface area contributed by atoms with Gasteiger partial charge in [0, 0.05) is 12.6 Å². The topological polar surface area (TPSA) is 15.3 Å². The van der Waals surface area contributed by atoms with Gasteiger partial charge in [-0.3, -0.25) is 0 Å². The van der Waals surface area contributed by atoms with Crippen LogP contribution in [0, 0.1) is 0 Å². The van der Waals surface area contributed by atoms with E-state index in [1.54, 1.807) is 0 Å². The van der Waals surface area contributed by atoms with Gasteiger partial charge in [-0.1, -0.05) is 6.42 Å². The fourth-order valence-electron chi connectivity index (χ4n) is 1.52. The van der Waals surface area contributed by atoms with Gasteiger partial charge in [-0.05, 0) is 33.5 Å². The molecule has 1 atom stereocenters. The Labute approximate surface area is 63.6 Å². The first-order valence-corrected chi connectivity index (χ1v) is 4.17. The van der Waals surface area contributed by atoms with E-state index < -0.39 is 0 Å². The van der Waals surface area contributed by atoms with E-state index in [0.717, 1.165) is 6.04 Å². The van der Waals surface area contributed by atoms with Gasteiger partial charge in [0.1, 0.15) is 0 Å². The van der Waals surface area contributed by atoms with Gasteiger partial charge in [0.05, 0.1) is 0 Å². The molecule has 10 heavy (non-hydrogen) atoms. The lowest BCUT2D eigenvalue weighted by atomic mass is 10.1. The van der Waals surface area contributed by atoms with Gasteiger partial charge in [-0.25, -0.2) is 0 Å². The average Bonchev–Trinajstić information content (AvgIpc) is 1.88. The molecule has 0 unspecified atom stereocenters. The smallest absolute Gasteiger partial charge is 0.0194 e. The van der Waals surface area contributed by atoms with Gasteiger partial charge in [-0.15, -0.1) is 0 Å². The maximum Gasteiger partial charge on any atom is 0.0194 e. The third-order valence-electron chi connectivity index (χ3n) is 2.00. The highest BCUT2D eigenvalue weighted by molar-refractivity contribution is 4.73. The molecule has 1 rings (SSSR count). The molecule has 0 aromatic heterocycles. The fraction of sp³-hybridized carbons (Fsp3) is 1.00. The quantitative estimate of drug-likeness (QED) is 0.610. The first kappa shape index (κ1) is 8.02. The van der Waals surface area contributed by atoms with E-state index in [1.165, 1.54) is 32.4 Å². The van der Waals surface area contributed by atoms with Gasteiger partial charge in [0.25, 0.3) is 0 Å². The van der Waals surface area contributed by atoms with Crippen molar-refractivity contribution in [2.45, 2.75) is 25.3 Å². The Bertz CT molecular complexity index is 85.3. The normalized spacial score (nSPS) is 27.3. The van der Waals surface area contributed by atoms with Gasteiger partial charge in [0.2, 0.25) is 0 Å². The number of rotatable bonds is 2. The van der Waals surface area contributed by atoms with E-state index in [9.17, 15) is 0 Å². The van der Waals surface area contributed by atoms with Crippen molar-refractivity contribution in [3.8, 4) is 0 Å². The third kappa shape index (κ3) is 2.67. The van der Waals surface area contributed by atoms with Gasteiger partial charge in [-0.2, -0.15) is 0 Å². The van der Waals surface area contributed by atoms with E-state index in [-0.39, 0.29) is 0 Å². The zero-order chi connectivity index (χ0) is 7.40. The molecular formula is C8H18N2. The summed E-state index contributed by atoms with van der Waals surface area (Å²) in [4.78, 5) is 2.25. The summed E-state index contributed by atoms with van der Waals surface area (Å²) in [6.45, 7) is 2.42. The molecule has 1 aliphatic heterocycles. The molecule has 1 heterocycles. The molecule has 1 fully saturated rings. The lowest BCUT2D eigenvalue weighted by molar-refractivity contribution is 0.298. The minimum Gasteiger partial charge on any atom is -0.313 e. The van der Waals surface area contributed by atoms with Crippen molar-refractivity contribution >= 4 is 0 Å². The van der Waals surface area contributed by atoms with Crippen molar-refractivity contribution in [2.24, 2.45) is 0 Å². The average molecular weight is 142 g/mol. The maximum atomic E-state index is 3.51. The van der Waals surface area contributed by atoms with E-state index in [1.807, 2.05) is 0 Å². The third-order valence-corrected chi connectivity index (χ3v) is 2.00. The highest BCUT2D eigenvalue weighted by Gasteiger charge is 2.11. The van der Waals surface area contributed by atoms with Gasteiger partial charge >= 0.3 is 0 Å². The molecule has 0 bridgehead atoms. The highest BCUT2D eigenvalue weighted by Crippen LogP contribution is 2.06. The summed E-state index contributed by atoms with van der Waals surface area (Å²) in [7, 11) is 4.27. The minimum absolute atomic E-state index is 0.753. The van der Waals surface area contributed by atoms with E-state index in [0.29, 0.717) is 0 Å². The van der Waals surface area contributed by atoms with Crippen molar-refractivity contribution in [1.29, 1.82) is 0 Å². The van der Waals surface area contributed by atoms with Crippen LogP contribution in [0.15, 0.2) is 0 Å². The van der Waals surface area contributed by atoms with Crippen LogP contribution in [-0.4, -0.2) is 38.1 Å². The van der Waals surface area contributed by atoms with Crippen molar-refractivity contribution in [3.05, 3.63) is 0 Å². The standard InChI is InChI=1S/C8H18N2/c1-10(2)7-8-5-3-4-6-9-8/h8-9H,3-7H2,1-2H3/t8-/m0/s1. The minimum atomic E-state index is 0.753. The van der Waals surface area contributed by atoms with E-state index in [2.05, 4.69) is 24.3 Å². The second-order valence-corrected chi connectivity index (χ2v) is 3.41. The van der Waals surface area contributed by atoms with Crippen LogP contribution in [0.2, 0.25) is 0 Å². The zero-order valence-corrected chi connectivity index (χ0v) is 7.06. The Morgan fingerprint density at radius 3 is 2.70 bits per heavy atom. The number of hydrogen-bond acceptors (Lipinski definition) is 2. The molecule has 0 amide bonds. The van der Waals surface area contributed by atoms with Crippen LogP contribution in [0.3, 0.4) is 0 Å². The molecule has 2 nitrogen and oxygen atoms in total. The van der Waals surface area contributed by atoms with E-state index >= 15 is 0 Å². The van der Waals surface area contributed by atoms with E-state index in [4.69, 9.17) is 0 Å². The number of likely N-dealkylation sites (N-methyl/N-ethyl adjacent to an activating group) is 1. The highest BCUT2D eigenvalue weighted by atomic mass is 15.1. The Morgan fingerprint density at radius 1 is 1.40 bits per heavy atom. The van der Waals surface area contributed by atoms with Crippen molar-refractivity contribution in [3.63, 3.8) is 0 Å². The number of nitrogens with one attached hydrogen (secondary N) is 1. The second-order valence-electron chi connectivity index (χ2n) is 3.41. The number of nitrogens with zero attached hydrogens (tertiary/aromatic N) is 1. The Hall–Kier alpha value is -0.0800. The summed E-state index contributed by atoms with van der Waals surface area (Å²) >= 11 is 0. The molecule has 0 aromatic carbocycles. The monoisotopic (exact) mass is 142 g/mol. The maximum absolute atomic E-state index is 3.51. The lowest BCUT2D eigenvalue weighted by Gasteiger charge is -2.25. The summed E-state index contributed by atoms with van der Waals surface area (Å²) in [5.74, 6) is 0. The molecule has 1 aliphatic rings. The van der Waals surface area contributed by atoms with Crippen LogP contribution < -0.4 is 5.32 Å². The summed E-state index contributed by atoms with van der Waals surface area (Å²) in [6, 6.07) is 0.753. The van der Waals surface area contributed by atoms with Crippen LogP contribution >= 0.6 is 0 Å². The van der Waals surface area contributed by atoms with Crippen LogP contribution in [0.25, 0.3) is 0 Å². The summed E-state index contributed by atoms with van der Waals surface area (Å²) in [6.07, 6.45) is 4.13.